The molecule has 1 rings (SSSR count). The van der Waals surface area contributed by atoms with Crippen LogP contribution in [0.15, 0.2) is 21.5 Å². The molecular formula is C6H2BrClFNO4S. The lowest BCUT2D eigenvalue weighted by Gasteiger charge is -2.02. The molecule has 0 aliphatic rings. The fraction of sp³-hybridized carbons (Fsp3) is 0. The van der Waals surface area contributed by atoms with Gasteiger partial charge in [-0.3, -0.25) is 10.1 Å². The number of hydrogen-bond acceptors (Lipinski definition) is 4. The fourth-order valence-electron chi connectivity index (χ4n) is 0.898. The van der Waals surface area contributed by atoms with E-state index in [0.717, 1.165) is 12.1 Å². The van der Waals surface area contributed by atoms with Gasteiger partial charge in [-0.15, -0.1) is 0 Å². The van der Waals surface area contributed by atoms with E-state index >= 15 is 0 Å². The van der Waals surface area contributed by atoms with Crippen molar-refractivity contribution in [2.75, 3.05) is 0 Å². The first-order chi connectivity index (χ1) is 6.75. The summed E-state index contributed by atoms with van der Waals surface area (Å²) in [5.74, 6) is -0.945. The molecule has 0 N–H and O–H groups in total. The monoisotopic (exact) mass is 317 g/mol. The Hall–Kier alpha value is -0.730. The summed E-state index contributed by atoms with van der Waals surface area (Å²) in [7, 11) is 0.568. The summed E-state index contributed by atoms with van der Waals surface area (Å²) in [5, 5.41) is 10.5. The first-order valence-corrected chi connectivity index (χ1v) is 6.42. The molecule has 0 atom stereocenters. The normalized spacial score (nSPS) is 11.4. The lowest BCUT2D eigenvalue weighted by atomic mass is 10.3. The zero-order valence-electron chi connectivity index (χ0n) is 6.78. The molecule has 0 saturated carbocycles. The van der Waals surface area contributed by atoms with Gasteiger partial charge in [-0.25, -0.2) is 12.8 Å². The molecule has 0 aromatic heterocycles. The van der Waals surface area contributed by atoms with E-state index in [0.29, 0.717) is 0 Å². The standard InChI is InChI=1S/C6H2BrClFNO4S/c7-5-3(9)1-2-4(10(11)12)6(5)15(8,13)14/h1-2H. The Labute approximate surface area is 96.5 Å². The van der Waals surface area contributed by atoms with Crippen LogP contribution >= 0.6 is 26.6 Å². The molecule has 0 radical (unpaired) electrons. The second-order valence-corrected chi connectivity index (χ2v) is 5.70. The van der Waals surface area contributed by atoms with Crippen LogP contribution in [-0.4, -0.2) is 13.3 Å². The number of hydrogen-bond donors (Lipinski definition) is 0. The predicted octanol–water partition coefficient (Wildman–Crippen LogP) is 2.42. The van der Waals surface area contributed by atoms with Gasteiger partial charge in [0.25, 0.3) is 14.7 Å². The molecule has 1 aromatic rings. The van der Waals surface area contributed by atoms with Crippen molar-refractivity contribution in [3.8, 4) is 0 Å². The van der Waals surface area contributed by atoms with Crippen molar-refractivity contribution < 1.29 is 17.7 Å². The molecule has 0 fully saturated rings. The third-order valence-electron chi connectivity index (χ3n) is 1.47. The van der Waals surface area contributed by atoms with Gasteiger partial charge in [0, 0.05) is 16.7 Å². The molecule has 0 saturated heterocycles. The van der Waals surface area contributed by atoms with Crippen molar-refractivity contribution in [3.63, 3.8) is 0 Å². The zero-order chi connectivity index (χ0) is 11.8. The van der Waals surface area contributed by atoms with E-state index < -0.39 is 34.8 Å². The van der Waals surface area contributed by atoms with Crippen LogP contribution in [-0.2, 0) is 9.05 Å². The minimum atomic E-state index is -4.39. The first kappa shape index (κ1) is 12.3. The van der Waals surface area contributed by atoms with E-state index in [1.807, 2.05) is 0 Å². The van der Waals surface area contributed by atoms with Crippen molar-refractivity contribution in [2.45, 2.75) is 4.90 Å². The number of nitro groups is 1. The molecule has 9 heteroatoms. The van der Waals surface area contributed by atoms with Gasteiger partial charge >= 0.3 is 0 Å². The van der Waals surface area contributed by atoms with E-state index in [-0.39, 0.29) is 0 Å². The van der Waals surface area contributed by atoms with Crippen LogP contribution in [0.25, 0.3) is 0 Å². The highest BCUT2D eigenvalue weighted by atomic mass is 79.9. The maximum Gasteiger partial charge on any atom is 0.290 e. The Balaban J connectivity index is 3.72. The SMILES string of the molecule is O=[N+]([O-])c1ccc(F)c(Br)c1S(=O)(=O)Cl. The molecule has 0 spiro atoms. The average molecular weight is 319 g/mol. The summed E-state index contributed by atoms with van der Waals surface area (Å²) >= 11 is 2.59. The van der Waals surface area contributed by atoms with Gasteiger partial charge in [0.1, 0.15) is 5.82 Å². The second-order valence-electron chi connectivity index (χ2n) is 2.40. The van der Waals surface area contributed by atoms with Gasteiger partial charge in [0.05, 0.1) is 9.40 Å². The highest BCUT2D eigenvalue weighted by Crippen LogP contribution is 2.35. The Morgan fingerprint density at radius 3 is 2.40 bits per heavy atom. The molecule has 0 aliphatic heterocycles. The molecule has 82 valence electrons. The summed E-state index contributed by atoms with van der Waals surface area (Å²) in [6.45, 7) is 0. The van der Waals surface area contributed by atoms with E-state index in [1.165, 1.54) is 0 Å². The summed E-state index contributed by atoms with van der Waals surface area (Å²) in [5.41, 5.74) is -0.779. The average Bonchev–Trinajstić information content (AvgIpc) is 2.06. The van der Waals surface area contributed by atoms with Crippen LogP contribution in [0.3, 0.4) is 0 Å². The van der Waals surface area contributed by atoms with Gasteiger partial charge in [-0.2, -0.15) is 0 Å². The lowest BCUT2D eigenvalue weighted by molar-refractivity contribution is -0.388. The van der Waals surface area contributed by atoms with Crippen molar-refractivity contribution in [2.24, 2.45) is 0 Å². The van der Waals surface area contributed by atoms with E-state index in [9.17, 15) is 22.9 Å². The molecule has 15 heavy (non-hydrogen) atoms. The van der Waals surface area contributed by atoms with Crippen LogP contribution < -0.4 is 0 Å². The Kier molecular flexibility index (Phi) is 3.31. The number of nitrogens with zero attached hydrogens (tertiary/aromatic N) is 1. The Morgan fingerprint density at radius 1 is 1.47 bits per heavy atom. The molecule has 0 bridgehead atoms. The maximum atomic E-state index is 13.0. The van der Waals surface area contributed by atoms with Gasteiger partial charge in [0.15, 0.2) is 4.90 Å². The molecule has 5 nitrogen and oxygen atoms in total. The summed E-state index contributed by atoms with van der Waals surface area (Å²) in [4.78, 5) is 8.63. The molecule has 0 heterocycles. The van der Waals surface area contributed by atoms with Crippen molar-refractivity contribution >= 4 is 41.4 Å². The summed E-state index contributed by atoms with van der Waals surface area (Å²) < 4.78 is 34.4. The minimum Gasteiger partial charge on any atom is -0.258 e. The van der Waals surface area contributed by atoms with Crippen molar-refractivity contribution in [1.82, 2.24) is 0 Å². The first-order valence-electron chi connectivity index (χ1n) is 3.32. The van der Waals surface area contributed by atoms with Crippen molar-refractivity contribution in [3.05, 3.63) is 32.5 Å². The fourth-order valence-corrected chi connectivity index (χ4v) is 3.32. The molecule has 1 aromatic carbocycles. The second kappa shape index (κ2) is 4.03. The number of halogens is 3. The summed E-state index contributed by atoms with van der Waals surface area (Å²) in [6, 6.07) is 1.50. The smallest absolute Gasteiger partial charge is 0.258 e. The van der Waals surface area contributed by atoms with E-state index in [2.05, 4.69) is 15.9 Å². The number of benzene rings is 1. The quantitative estimate of drug-likeness (QED) is 0.476. The van der Waals surface area contributed by atoms with Crippen LogP contribution in [0, 0.1) is 15.9 Å². The minimum absolute atomic E-state index is 0.549. The van der Waals surface area contributed by atoms with Crippen LogP contribution in [0.5, 0.6) is 0 Å². The molecular weight excluding hydrogens is 316 g/mol. The lowest BCUT2D eigenvalue weighted by Crippen LogP contribution is -2.01. The highest BCUT2D eigenvalue weighted by Gasteiger charge is 2.29. The summed E-state index contributed by atoms with van der Waals surface area (Å²) in [6.07, 6.45) is 0. The zero-order valence-corrected chi connectivity index (χ0v) is 9.94. The third kappa shape index (κ3) is 2.44. The van der Waals surface area contributed by atoms with Gasteiger partial charge in [-0.05, 0) is 22.0 Å². The van der Waals surface area contributed by atoms with E-state index in [1.54, 1.807) is 0 Å². The van der Waals surface area contributed by atoms with Crippen molar-refractivity contribution in [1.29, 1.82) is 0 Å². The van der Waals surface area contributed by atoms with Crippen LogP contribution in [0.1, 0.15) is 0 Å². The third-order valence-corrected chi connectivity index (χ3v) is 3.87. The number of rotatable bonds is 2. The topological polar surface area (TPSA) is 77.3 Å². The predicted molar refractivity (Wildman–Crippen MR) is 53.8 cm³/mol. The van der Waals surface area contributed by atoms with Crippen LogP contribution in [0.4, 0.5) is 10.1 Å². The molecule has 0 aliphatic carbocycles. The number of nitro benzene ring substituents is 1. The Morgan fingerprint density at radius 2 is 2.00 bits per heavy atom. The van der Waals surface area contributed by atoms with Gasteiger partial charge in [-0.1, -0.05) is 0 Å². The van der Waals surface area contributed by atoms with E-state index in [4.69, 9.17) is 10.7 Å². The van der Waals surface area contributed by atoms with Crippen LogP contribution in [0.2, 0.25) is 0 Å². The molecule has 0 amide bonds. The Bertz CT molecular complexity index is 532. The highest BCUT2D eigenvalue weighted by molar-refractivity contribution is 9.10. The largest absolute Gasteiger partial charge is 0.290 e. The molecule has 0 unspecified atom stereocenters. The van der Waals surface area contributed by atoms with Gasteiger partial charge < -0.3 is 0 Å². The maximum absolute atomic E-state index is 13.0. The van der Waals surface area contributed by atoms with Gasteiger partial charge in [0.2, 0.25) is 0 Å².